The second kappa shape index (κ2) is 5.01. The first-order valence-electron chi connectivity index (χ1n) is 4.52. The van der Waals surface area contributed by atoms with Crippen LogP contribution >= 0.6 is 0 Å². The zero-order valence-corrected chi connectivity index (χ0v) is 7.41. The fourth-order valence-electron chi connectivity index (χ4n) is 0.897. The Labute approximate surface area is 73.0 Å². The number of carbonyl (C=O) groups is 1. The molecule has 1 fully saturated rings. The Bertz CT molecular complexity index is 141. The molecule has 0 aromatic rings. The van der Waals surface area contributed by atoms with Crippen LogP contribution < -0.4 is 0 Å². The van der Waals surface area contributed by atoms with Crippen molar-refractivity contribution in [3.05, 3.63) is 6.61 Å². The van der Waals surface area contributed by atoms with Crippen LogP contribution in [0.4, 0.5) is 4.79 Å². The van der Waals surface area contributed by atoms with Crippen LogP contribution in [0.2, 0.25) is 0 Å². The molecule has 1 aliphatic carbocycles. The molecule has 69 valence electrons. The van der Waals surface area contributed by atoms with E-state index in [1.807, 2.05) is 6.92 Å². The van der Waals surface area contributed by atoms with Crippen molar-refractivity contribution in [3.8, 4) is 0 Å². The van der Waals surface area contributed by atoms with E-state index in [4.69, 9.17) is 9.47 Å². The van der Waals surface area contributed by atoms with E-state index in [-0.39, 0.29) is 6.10 Å². The summed E-state index contributed by atoms with van der Waals surface area (Å²) in [6.45, 7) is 3.53. The van der Waals surface area contributed by atoms with Crippen LogP contribution in [0.25, 0.3) is 0 Å². The number of unbranched alkanes of at least 4 members (excludes halogenated alkanes) is 1. The maximum atomic E-state index is 10.8. The van der Waals surface area contributed by atoms with Gasteiger partial charge in [-0.3, -0.25) is 0 Å². The summed E-state index contributed by atoms with van der Waals surface area (Å²) in [6.07, 6.45) is 4.49. The molecule has 0 heterocycles. The van der Waals surface area contributed by atoms with Gasteiger partial charge in [0.05, 0.1) is 0 Å². The quantitative estimate of drug-likeness (QED) is 0.482. The number of rotatable bonds is 4. The largest absolute Gasteiger partial charge is 0.508 e. The highest BCUT2D eigenvalue weighted by Gasteiger charge is 2.22. The Morgan fingerprint density at radius 3 is 2.83 bits per heavy atom. The van der Waals surface area contributed by atoms with Crippen molar-refractivity contribution in [2.45, 2.75) is 45.1 Å². The molecule has 0 atom stereocenters. The Balaban J connectivity index is 1.95. The van der Waals surface area contributed by atoms with Gasteiger partial charge in [0.25, 0.3) is 0 Å². The van der Waals surface area contributed by atoms with Crippen LogP contribution in [0.3, 0.4) is 0 Å². The summed E-state index contributed by atoms with van der Waals surface area (Å²) in [4.78, 5) is 10.8. The maximum Gasteiger partial charge on any atom is 0.508 e. The summed E-state index contributed by atoms with van der Waals surface area (Å²) in [5.41, 5.74) is 0. The van der Waals surface area contributed by atoms with Crippen LogP contribution in [0.15, 0.2) is 0 Å². The monoisotopic (exact) mass is 171 g/mol. The fraction of sp³-hybridized carbons (Fsp3) is 0.778. The second-order valence-electron chi connectivity index (χ2n) is 2.99. The lowest BCUT2D eigenvalue weighted by atomic mass is 9.96. The van der Waals surface area contributed by atoms with Crippen molar-refractivity contribution >= 4 is 6.16 Å². The first-order valence-corrected chi connectivity index (χ1v) is 4.52. The molecule has 1 rings (SSSR count). The van der Waals surface area contributed by atoms with E-state index in [0.717, 1.165) is 32.1 Å². The van der Waals surface area contributed by atoms with Gasteiger partial charge in [-0.05, 0) is 25.7 Å². The minimum atomic E-state index is -0.548. The highest BCUT2D eigenvalue weighted by Crippen LogP contribution is 2.22. The molecule has 0 saturated heterocycles. The van der Waals surface area contributed by atoms with Gasteiger partial charge >= 0.3 is 6.16 Å². The van der Waals surface area contributed by atoms with Crippen molar-refractivity contribution in [3.63, 3.8) is 0 Å². The van der Waals surface area contributed by atoms with E-state index in [1.165, 1.54) is 6.61 Å². The SMILES string of the molecule is CCC[CH]OC(=O)OC1CCC1. The van der Waals surface area contributed by atoms with Gasteiger partial charge in [0.2, 0.25) is 0 Å². The van der Waals surface area contributed by atoms with Crippen molar-refractivity contribution in [2.24, 2.45) is 0 Å². The van der Waals surface area contributed by atoms with Crippen LogP contribution in [-0.2, 0) is 9.47 Å². The Morgan fingerprint density at radius 2 is 2.33 bits per heavy atom. The predicted molar refractivity (Wildman–Crippen MR) is 44.4 cm³/mol. The van der Waals surface area contributed by atoms with E-state index in [1.54, 1.807) is 0 Å². The van der Waals surface area contributed by atoms with Gasteiger partial charge in [-0.25, -0.2) is 4.79 Å². The summed E-state index contributed by atoms with van der Waals surface area (Å²) < 4.78 is 9.64. The molecule has 0 aromatic heterocycles. The topological polar surface area (TPSA) is 35.5 Å². The summed E-state index contributed by atoms with van der Waals surface area (Å²) in [5, 5.41) is 0. The summed E-state index contributed by atoms with van der Waals surface area (Å²) in [6, 6.07) is 0. The molecule has 3 nitrogen and oxygen atoms in total. The molecule has 0 aromatic carbocycles. The summed E-state index contributed by atoms with van der Waals surface area (Å²) in [7, 11) is 0. The van der Waals surface area contributed by atoms with E-state index in [2.05, 4.69) is 0 Å². The van der Waals surface area contributed by atoms with Gasteiger partial charge in [-0.15, -0.1) is 0 Å². The van der Waals surface area contributed by atoms with Crippen molar-refractivity contribution < 1.29 is 14.3 Å². The second-order valence-corrected chi connectivity index (χ2v) is 2.99. The molecular formula is C9H15O3. The standard InChI is InChI=1S/C9H15O3/c1-2-3-7-11-9(10)12-8-5-4-6-8/h7-8H,2-6H2,1H3. The molecule has 1 aliphatic rings. The molecular weight excluding hydrogens is 156 g/mol. The summed E-state index contributed by atoms with van der Waals surface area (Å²) >= 11 is 0. The van der Waals surface area contributed by atoms with Gasteiger partial charge in [0, 0.05) is 0 Å². The Morgan fingerprint density at radius 1 is 1.58 bits per heavy atom. The molecule has 1 saturated carbocycles. The van der Waals surface area contributed by atoms with Gasteiger partial charge in [-0.2, -0.15) is 0 Å². The van der Waals surface area contributed by atoms with Crippen LogP contribution in [0.1, 0.15) is 39.0 Å². The molecule has 0 amide bonds. The van der Waals surface area contributed by atoms with Gasteiger partial charge in [0.15, 0.2) is 0 Å². The van der Waals surface area contributed by atoms with Crippen molar-refractivity contribution in [1.29, 1.82) is 0 Å². The van der Waals surface area contributed by atoms with Crippen molar-refractivity contribution in [2.75, 3.05) is 0 Å². The normalized spacial score (nSPS) is 16.8. The first kappa shape index (κ1) is 9.36. The van der Waals surface area contributed by atoms with Gasteiger partial charge in [-0.1, -0.05) is 13.3 Å². The molecule has 0 N–H and O–H groups in total. The third-order valence-electron chi connectivity index (χ3n) is 1.90. The molecule has 0 spiro atoms. The highest BCUT2D eigenvalue weighted by atomic mass is 16.7. The minimum absolute atomic E-state index is 0.118. The number of hydrogen-bond donors (Lipinski definition) is 0. The number of carbonyl (C=O) groups excluding carboxylic acids is 1. The molecule has 3 heteroatoms. The molecule has 0 bridgehead atoms. The van der Waals surface area contributed by atoms with E-state index >= 15 is 0 Å². The zero-order chi connectivity index (χ0) is 8.81. The zero-order valence-electron chi connectivity index (χ0n) is 7.41. The summed E-state index contributed by atoms with van der Waals surface area (Å²) in [5.74, 6) is 0. The van der Waals surface area contributed by atoms with Crippen LogP contribution in [-0.4, -0.2) is 12.3 Å². The molecule has 12 heavy (non-hydrogen) atoms. The number of ether oxygens (including phenoxy) is 2. The molecule has 0 aliphatic heterocycles. The average molecular weight is 171 g/mol. The average Bonchev–Trinajstić information content (AvgIpc) is 1.98. The lowest BCUT2D eigenvalue weighted by Crippen LogP contribution is -2.25. The highest BCUT2D eigenvalue weighted by molar-refractivity contribution is 5.60. The van der Waals surface area contributed by atoms with E-state index in [9.17, 15) is 4.79 Å². The first-order chi connectivity index (χ1) is 5.83. The van der Waals surface area contributed by atoms with Gasteiger partial charge < -0.3 is 9.47 Å². The number of hydrogen-bond acceptors (Lipinski definition) is 3. The van der Waals surface area contributed by atoms with E-state index < -0.39 is 6.16 Å². The van der Waals surface area contributed by atoms with Crippen LogP contribution in [0, 0.1) is 6.61 Å². The van der Waals surface area contributed by atoms with Crippen molar-refractivity contribution in [1.82, 2.24) is 0 Å². The maximum absolute atomic E-state index is 10.8. The smallest absolute Gasteiger partial charge is 0.431 e. The van der Waals surface area contributed by atoms with Crippen LogP contribution in [0.5, 0.6) is 0 Å². The minimum Gasteiger partial charge on any atom is -0.431 e. The van der Waals surface area contributed by atoms with Gasteiger partial charge in [0.1, 0.15) is 12.7 Å². The molecule has 0 unspecified atom stereocenters. The molecule has 1 radical (unpaired) electrons. The Hall–Kier alpha value is -0.730. The predicted octanol–water partition coefficient (Wildman–Crippen LogP) is 2.65. The lowest BCUT2D eigenvalue weighted by molar-refractivity contribution is 0.00641. The third kappa shape index (κ3) is 3.11. The fourth-order valence-corrected chi connectivity index (χ4v) is 0.897. The third-order valence-corrected chi connectivity index (χ3v) is 1.90. The van der Waals surface area contributed by atoms with E-state index in [0.29, 0.717) is 0 Å². The lowest BCUT2D eigenvalue weighted by Gasteiger charge is -2.24. The Kier molecular flexibility index (Phi) is 3.91.